The Morgan fingerprint density at radius 2 is 1.75 bits per heavy atom. The Hall–Kier alpha value is -3.97. The van der Waals surface area contributed by atoms with Gasteiger partial charge in [0.15, 0.2) is 0 Å². The molecule has 0 radical (unpaired) electrons. The molecule has 156 valence electrons. The minimum Gasteiger partial charge on any atom is -0.343 e. The average Bonchev–Trinajstić information content (AvgIpc) is 3.35. The number of carbonyl (C=O) groups is 1. The average molecular weight is 438 g/mol. The molecule has 0 spiro atoms. The molecule has 6 nitrogen and oxygen atoms in total. The van der Waals surface area contributed by atoms with Crippen LogP contribution in [0.15, 0.2) is 84.8 Å². The third-order valence-electron chi connectivity index (χ3n) is 5.13. The van der Waals surface area contributed by atoms with Crippen LogP contribution in [0.25, 0.3) is 33.4 Å². The zero-order valence-corrected chi connectivity index (χ0v) is 18.1. The fourth-order valence-corrected chi connectivity index (χ4v) is 4.34. The number of aromatic nitrogens is 4. The lowest BCUT2D eigenvalue weighted by atomic mass is 10.0. The van der Waals surface area contributed by atoms with Gasteiger partial charge in [-0.25, -0.2) is 9.97 Å². The van der Waals surface area contributed by atoms with Crippen molar-refractivity contribution in [3.8, 4) is 22.5 Å². The smallest absolute Gasteiger partial charge is 0.252 e. The van der Waals surface area contributed by atoms with Crippen LogP contribution in [0.1, 0.15) is 28.3 Å². The molecule has 0 aliphatic carbocycles. The van der Waals surface area contributed by atoms with Crippen LogP contribution >= 0.6 is 11.3 Å². The summed E-state index contributed by atoms with van der Waals surface area (Å²) in [6.45, 7) is 1.94. The first kappa shape index (κ1) is 20.0. The van der Waals surface area contributed by atoms with Gasteiger partial charge in [0.1, 0.15) is 5.01 Å². The highest BCUT2D eigenvalue weighted by Crippen LogP contribution is 2.27. The monoisotopic (exact) mass is 437 g/mol. The Balaban J connectivity index is 1.45. The number of hydrogen-bond donors (Lipinski definition) is 1. The van der Waals surface area contributed by atoms with E-state index in [9.17, 15) is 4.79 Å². The summed E-state index contributed by atoms with van der Waals surface area (Å²) in [5.74, 6) is -0.165. The lowest BCUT2D eigenvalue weighted by Crippen LogP contribution is -2.27. The minimum absolute atomic E-state index is 0.165. The van der Waals surface area contributed by atoms with E-state index in [-0.39, 0.29) is 11.9 Å². The fraction of sp³-hybridized carbons (Fsp3) is 0.0800. The van der Waals surface area contributed by atoms with Crippen LogP contribution in [0.3, 0.4) is 0 Å². The molecule has 1 N–H and O–H groups in total. The molecule has 5 aromatic rings. The van der Waals surface area contributed by atoms with Crippen LogP contribution in [0.4, 0.5) is 0 Å². The molecule has 7 heteroatoms. The Morgan fingerprint density at radius 1 is 0.906 bits per heavy atom. The van der Waals surface area contributed by atoms with E-state index >= 15 is 0 Å². The van der Waals surface area contributed by atoms with Crippen LogP contribution < -0.4 is 5.32 Å². The molecule has 0 saturated carbocycles. The van der Waals surface area contributed by atoms with Crippen molar-refractivity contribution >= 4 is 28.1 Å². The number of nitrogens with zero attached hydrogens (tertiary/aromatic N) is 4. The van der Waals surface area contributed by atoms with E-state index in [1.54, 1.807) is 24.8 Å². The predicted octanol–water partition coefficient (Wildman–Crippen LogP) is 5.31. The quantitative estimate of drug-likeness (QED) is 0.403. The van der Waals surface area contributed by atoms with Gasteiger partial charge < -0.3 is 5.32 Å². The second kappa shape index (κ2) is 8.64. The molecule has 4 heterocycles. The van der Waals surface area contributed by atoms with Gasteiger partial charge in [0.05, 0.1) is 28.5 Å². The standard InChI is InChI=1S/C25H19N5OS/c1-16(25-30-23(15-32-25)17-8-11-26-12-9-17)28-24(31)20-13-22(18-5-4-10-27-14-18)29-21-7-3-2-6-19(20)21/h2-16H,1H3,(H,28,31). The Kier molecular flexibility index (Phi) is 5.39. The van der Waals surface area contributed by atoms with Crippen molar-refractivity contribution in [2.75, 3.05) is 0 Å². The molecule has 0 aliphatic heterocycles. The number of hydrogen-bond acceptors (Lipinski definition) is 6. The van der Waals surface area contributed by atoms with E-state index in [0.717, 1.165) is 32.7 Å². The topological polar surface area (TPSA) is 80.7 Å². The molecule has 32 heavy (non-hydrogen) atoms. The lowest BCUT2D eigenvalue weighted by Gasteiger charge is -2.14. The number of amides is 1. The van der Waals surface area contributed by atoms with E-state index in [0.29, 0.717) is 11.3 Å². The number of para-hydroxylation sites is 1. The summed E-state index contributed by atoms with van der Waals surface area (Å²) < 4.78 is 0. The maximum Gasteiger partial charge on any atom is 0.252 e. The number of thiazole rings is 1. The highest BCUT2D eigenvalue weighted by Gasteiger charge is 2.18. The predicted molar refractivity (Wildman–Crippen MR) is 126 cm³/mol. The summed E-state index contributed by atoms with van der Waals surface area (Å²) >= 11 is 1.53. The maximum atomic E-state index is 13.3. The largest absolute Gasteiger partial charge is 0.343 e. The Labute approximate surface area is 189 Å². The van der Waals surface area contributed by atoms with Gasteiger partial charge in [-0.05, 0) is 43.3 Å². The molecular weight excluding hydrogens is 418 g/mol. The van der Waals surface area contributed by atoms with Gasteiger partial charge in [-0.3, -0.25) is 14.8 Å². The van der Waals surface area contributed by atoms with Crippen molar-refractivity contribution in [2.24, 2.45) is 0 Å². The molecule has 1 unspecified atom stereocenters. The molecular formula is C25H19N5OS. The molecule has 1 amide bonds. The van der Waals surface area contributed by atoms with Crippen molar-refractivity contribution < 1.29 is 4.79 Å². The van der Waals surface area contributed by atoms with Gasteiger partial charge in [-0.15, -0.1) is 11.3 Å². The number of pyridine rings is 3. The first-order valence-electron chi connectivity index (χ1n) is 10.2. The second-order valence-electron chi connectivity index (χ2n) is 7.32. The molecule has 1 aromatic carbocycles. The minimum atomic E-state index is -0.239. The van der Waals surface area contributed by atoms with Crippen molar-refractivity contribution in [3.63, 3.8) is 0 Å². The van der Waals surface area contributed by atoms with E-state index < -0.39 is 0 Å². The molecule has 0 aliphatic rings. The summed E-state index contributed by atoms with van der Waals surface area (Å²) in [5.41, 5.74) is 4.79. The van der Waals surface area contributed by atoms with Gasteiger partial charge >= 0.3 is 0 Å². The third-order valence-corrected chi connectivity index (χ3v) is 6.16. The summed E-state index contributed by atoms with van der Waals surface area (Å²) in [6, 6.07) is 16.9. The first-order valence-corrected chi connectivity index (χ1v) is 11.0. The van der Waals surface area contributed by atoms with Gasteiger partial charge in [-0.1, -0.05) is 18.2 Å². The summed E-state index contributed by atoms with van der Waals surface area (Å²) in [6.07, 6.45) is 6.95. The van der Waals surface area contributed by atoms with Crippen LogP contribution in [0, 0.1) is 0 Å². The second-order valence-corrected chi connectivity index (χ2v) is 8.21. The fourth-order valence-electron chi connectivity index (χ4n) is 3.50. The Morgan fingerprint density at radius 3 is 2.56 bits per heavy atom. The van der Waals surface area contributed by atoms with Crippen molar-refractivity contribution in [3.05, 3.63) is 95.3 Å². The van der Waals surface area contributed by atoms with Crippen molar-refractivity contribution in [1.82, 2.24) is 25.3 Å². The number of nitrogens with one attached hydrogen (secondary N) is 1. The molecule has 4 aromatic heterocycles. The molecule has 0 bridgehead atoms. The van der Waals surface area contributed by atoms with Crippen LogP contribution in [0.2, 0.25) is 0 Å². The van der Waals surface area contributed by atoms with Crippen LogP contribution in [-0.2, 0) is 0 Å². The van der Waals surface area contributed by atoms with Crippen LogP contribution in [-0.4, -0.2) is 25.8 Å². The number of benzene rings is 1. The molecule has 0 fully saturated rings. The van der Waals surface area contributed by atoms with Crippen molar-refractivity contribution in [2.45, 2.75) is 13.0 Å². The Bertz CT molecular complexity index is 1390. The highest BCUT2D eigenvalue weighted by molar-refractivity contribution is 7.10. The number of rotatable bonds is 5. The molecule has 1 atom stereocenters. The number of carbonyl (C=O) groups excluding carboxylic acids is 1. The zero-order chi connectivity index (χ0) is 21.9. The normalized spacial score (nSPS) is 11.9. The van der Waals surface area contributed by atoms with E-state index in [2.05, 4.69) is 15.3 Å². The van der Waals surface area contributed by atoms with Crippen LogP contribution in [0.5, 0.6) is 0 Å². The van der Waals surface area contributed by atoms with E-state index in [4.69, 9.17) is 9.97 Å². The van der Waals surface area contributed by atoms with Gasteiger partial charge in [0.2, 0.25) is 0 Å². The summed E-state index contributed by atoms with van der Waals surface area (Å²) in [4.78, 5) is 31.0. The van der Waals surface area contributed by atoms with Crippen molar-refractivity contribution in [1.29, 1.82) is 0 Å². The third kappa shape index (κ3) is 3.98. The van der Waals surface area contributed by atoms with Gasteiger partial charge in [0, 0.05) is 46.7 Å². The summed E-state index contributed by atoms with van der Waals surface area (Å²) in [5, 5.41) is 6.75. The first-order chi connectivity index (χ1) is 15.7. The van der Waals surface area contributed by atoms with E-state index in [1.807, 2.05) is 66.9 Å². The number of fused-ring (bicyclic) bond motifs is 1. The molecule has 0 saturated heterocycles. The van der Waals surface area contributed by atoms with Gasteiger partial charge in [-0.2, -0.15) is 0 Å². The zero-order valence-electron chi connectivity index (χ0n) is 17.3. The highest BCUT2D eigenvalue weighted by atomic mass is 32.1. The SMILES string of the molecule is CC(NC(=O)c1cc(-c2cccnc2)nc2ccccc12)c1nc(-c2ccncc2)cs1. The van der Waals surface area contributed by atoms with E-state index in [1.165, 1.54) is 11.3 Å². The maximum absolute atomic E-state index is 13.3. The lowest BCUT2D eigenvalue weighted by molar-refractivity contribution is 0.0941. The summed E-state index contributed by atoms with van der Waals surface area (Å²) in [7, 11) is 0. The molecule has 5 rings (SSSR count). The van der Waals surface area contributed by atoms with Gasteiger partial charge in [0.25, 0.3) is 5.91 Å².